The van der Waals surface area contributed by atoms with Crippen LogP contribution >= 0.6 is 0 Å². The van der Waals surface area contributed by atoms with Crippen LogP contribution in [0.3, 0.4) is 0 Å². The molecule has 5 heteroatoms. The van der Waals surface area contributed by atoms with Gasteiger partial charge in [-0.05, 0) is 0 Å². The minimum Gasteiger partial charge on any atom is -0.370 e. The van der Waals surface area contributed by atoms with E-state index in [1.807, 2.05) is 0 Å². The summed E-state index contributed by atoms with van der Waals surface area (Å²) in [5.74, 6) is -0.0157. The lowest BCUT2D eigenvalue weighted by molar-refractivity contribution is 0.299. The predicted octanol–water partition coefficient (Wildman–Crippen LogP) is -1.32. The number of nitrogens with two attached hydrogens (primary N) is 1. The number of nitrogens with zero attached hydrogens (tertiary/aromatic N) is 2. The number of guanidine groups is 1. The van der Waals surface area contributed by atoms with E-state index in [-0.39, 0.29) is 12.0 Å². The standard InChI is InChI=1S/C6H11N5/c7-3-5-4-10-1-2-11(5)6(8)9/h5,10H,1-2,4H2,(H3,8,9). The van der Waals surface area contributed by atoms with Crippen molar-refractivity contribution in [3.05, 3.63) is 0 Å². The zero-order chi connectivity index (χ0) is 8.27. The highest BCUT2D eigenvalue weighted by Crippen LogP contribution is 1.99. The summed E-state index contributed by atoms with van der Waals surface area (Å²) in [4.78, 5) is 1.59. The summed E-state index contributed by atoms with van der Waals surface area (Å²) in [5, 5.41) is 18.8. The fraction of sp³-hybridized carbons (Fsp3) is 0.667. The maximum atomic E-state index is 8.63. The number of nitriles is 1. The monoisotopic (exact) mass is 153 g/mol. The second kappa shape index (κ2) is 3.21. The van der Waals surface area contributed by atoms with Crippen LogP contribution in [0.15, 0.2) is 0 Å². The molecule has 1 unspecified atom stereocenters. The lowest BCUT2D eigenvalue weighted by atomic mass is 10.2. The maximum absolute atomic E-state index is 8.63. The van der Waals surface area contributed by atoms with Crippen LogP contribution in [0.5, 0.6) is 0 Å². The molecule has 1 heterocycles. The number of hydrogen-bond donors (Lipinski definition) is 3. The molecule has 1 saturated heterocycles. The lowest BCUT2D eigenvalue weighted by Gasteiger charge is -2.31. The van der Waals surface area contributed by atoms with Crippen molar-refractivity contribution in [2.45, 2.75) is 6.04 Å². The molecule has 1 rings (SSSR count). The molecule has 4 N–H and O–H groups in total. The molecule has 0 aliphatic carbocycles. The molecule has 1 aliphatic rings. The van der Waals surface area contributed by atoms with Crippen molar-refractivity contribution in [1.29, 1.82) is 10.7 Å². The molecular weight excluding hydrogens is 142 g/mol. The number of nitrogens with one attached hydrogen (secondary N) is 2. The molecule has 0 spiro atoms. The van der Waals surface area contributed by atoms with Crippen molar-refractivity contribution in [3.8, 4) is 6.07 Å². The predicted molar refractivity (Wildman–Crippen MR) is 40.9 cm³/mol. The first-order chi connectivity index (χ1) is 5.25. The Morgan fingerprint density at radius 3 is 3.00 bits per heavy atom. The van der Waals surface area contributed by atoms with Crippen molar-refractivity contribution >= 4 is 5.96 Å². The van der Waals surface area contributed by atoms with Gasteiger partial charge in [0, 0.05) is 19.6 Å². The van der Waals surface area contributed by atoms with Crippen molar-refractivity contribution in [2.75, 3.05) is 19.6 Å². The molecule has 60 valence electrons. The molecule has 0 aromatic rings. The van der Waals surface area contributed by atoms with Gasteiger partial charge in [-0.1, -0.05) is 0 Å². The summed E-state index contributed by atoms with van der Waals surface area (Å²) in [6, 6.07) is 1.80. The van der Waals surface area contributed by atoms with E-state index >= 15 is 0 Å². The molecule has 1 fully saturated rings. The molecule has 1 aliphatic heterocycles. The summed E-state index contributed by atoms with van der Waals surface area (Å²) in [5.41, 5.74) is 5.26. The van der Waals surface area contributed by atoms with E-state index in [0.717, 1.165) is 6.54 Å². The first kappa shape index (κ1) is 7.82. The van der Waals surface area contributed by atoms with E-state index in [9.17, 15) is 0 Å². The molecule has 0 aromatic carbocycles. The average molecular weight is 153 g/mol. The number of hydrogen-bond acceptors (Lipinski definition) is 3. The molecule has 0 aromatic heterocycles. The van der Waals surface area contributed by atoms with Gasteiger partial charge < -0.3 is 16.0 Å². The molecule has 5 nitrogen and oxygen atoms in total. The van der Waals surface area contributed by atoms with E-state index in [1.165, 1.54) is 0 Å². The Bertz CT molecular complexity index is 194. The third-order valence-corrected chi connectivity index (χ3v) is 1.70. The lowest BCUT2D eigenvalue weighted by Crippen LogP contribution is -2.54. The molecule has 0 bridgehead atoms. The van der Waals surface area contributed by atoms with Crippen LogP contribution in [-0.4, -0.2) is 36.5 Å². The minimum atomic E-state index is -0.277. The Kier molecular flexibility index (Phi) is 2.28. The summed E-state index contributed by atoms with van der Waals surface area (Å²) in [7, 11) is 0. The van der Waals surface area contributed by atoms with Crippen LogP contribution in [-0.2, 0) is 0 Å². The van der Waals surface area contributed by atoms with Gasteiger partial charge >= 0.3 is 0 Å². The quantitative estimate of drug-likeness (QED) is 0.297. The number of rotatable bonds is 0. The van der Waals surface area contributed by atoms with Gasteiger partial charge in [-0.3, -0.25) is 5.41 Å². The summed E-state index contributed by atoms with van der Waals surface area (Å²) in [6.45, 7) is 2.03. The Labute approximate surface area is 65.3 Å². The first-order valence-electron chi connectivity index (χ1n) is 3.46. The SMILES string of the molecule is N#CC1CNCCN1C(=N)N. The third kappa shape index (κ3) is 1.59. The average Bonchev–Trinajstić information content (AvgIpc) is 2.04. The summed E-state index contributed by atoms with van der Waals surface area (Å²) < 4.78 is 0. The van der Waals surface area contributed by atoms with Gasteiger partial charge in [0.05, 0.1) is 6.07 Å². The maximum Gasteiger partial charge on any atom is 0.189 e. The van der Waals surface area contributed by atoms with Gasteiger partial charge in [-0.25, -0.2) is 0 Å². The summed E-state index contributed by atoms with van der Waals surface area (Å²) >= 11 is 0. The minimum absolute atomic E-state index is 0.0157. The normalized spacial score (nSPS) is 24.3. The van der Waals surface area contributed by atoms with E-state index in [4.69, 9.17) is 16.4 Å². The largest absolute Gasteiger partial charge is 0.370 e. The van der Waals surface area contributed by atoms with E-state index < -0.39 is 0 Å². The molecule has 11 heavy (non-hydrogen) atoms. The van der Waals surface area contributed by atoms with Gasteiger partial charge in [-0.2, -0.15) is 5.26 Å². The Morgan fingerprint density at radius 1 is 1.82 bits per heavy atom. The van der Waals surface area contributed by atoms with Crippen LogP contribution in [0, 0.1) is 16.7 Å². The Morgan fingerprint density at radius 2 is 2.55 bits per heavy atom. The van der Waals surface area contributed by atoms with Gasteiger partial charge in [0.1, 0.15) is 6.04 Å². The van der Waals surface area contributed by atoms with Crippen molar-refractivity contribution in [1.82, 2.24) is 10.2 Å². The van der Waals surface area contributed by atoms with E-state index in [2.05, 4.69) is 11.4 Å². The van der Waals surface area contributed by atoms with Crippen LogP contribution in [0.25, 0.3) is 0 Å². The van der Waals surface area contributed by atoms with Crippen LogP contribution in [0.4, 0.5) is 0 Å². The van der Waals surface area contributed by atoms with Crippen LogP contribution in [0.1, 0.15) is 0 Å². The Balaban J connectivity index is 2.60. The Hall–Kier alpha value is -1.28. The fourth-order valence-corrected chi connectivity index (χ4v) is 1.11. The zero-order valence-corrected chi connectivity index (χ0v) is 6.17. The van der Waals surface area contributed by atoms with Gasteiger partial charge in [0.2, 0.25) is 0 Å². The van der Waals surface area contributed by atoms with Crippen molar-refractivity contribution < 1.29 is 0 Å². The van der Waals surface area contributed by atoms with E-state index in [1.54, 1.807) is 4.90 Å². The zero-order valence-electron chi connectivity index (χ0n) is 6.17. The molecule has 0 radical (unpaired) electrons. The summed E-state index contributed by atoms with van der Waals surface area (Å²) in [6.07, 6.45) is 0. The topological polar surface area (TPSA) is 88.9 Å². The van der Waals surface area contributed by atoms with Gasteiger partial charge in [0.25, 0.3) is 0 Å². The highest BCUT2D eigenvalue weighted by molar-refractivity contribution is 5.75. The third-order valence-electron chi connectivity index (χ3n) is 1.70. The fourth-order valence-electron chi connectivity index (χ4n) is 1.11. The number of piperazine rings is 1. The van der Waals surface area contributed by atoms with Gasteiger partial charge in [-0.15, -0.1) is 0 Å². The first-order valence-corrected chi connectivity index (χ1v) is 3.46. The van der Waals surface area contributed by atoms with Crippen LogP contribution < -0.4 is 11.1 Å². The second-order valence-electron chi connectivity index (χ2n) is 2.43. The molecule has 1 atom stereocenters. The smallest absolute Gasteiger partial charge is 0.189 e. The van der Waals surface area contributed by atoms with Crippen molar-refractivity contribution in [3.63, 3.8) is 0 Å². The second-order valence-corrected chi connectivity index (χ2v) is 2.43. The van der Waals surface area contributed by atoms with Crippen LogP contribution in [0.2, 0.25) is 0 Å². The molecule has 0 saturated carbocycles. The van der Waals surface area contributed by atoms with Gasteiger partial charge in [0.15, 0.2) is 5.96 Å². The van der Waals surface area contributed by atoms with Crippen molar-refractivity contribution in [2.24, 2.45) is 5.73 Å². The van der Waals surface area contributed by atoms with E-state index in [0.29, 0.717) is 13.1 Å². The highest BCUT2D eigenvalue weighted by atomic mass is 15.3. The highest BCUT2D eigenvalue weighted by Gasteiger charge is 2.21. The molecule has 0 amide bonds. The molecular formula is C6H11N5.